The summed E-state index contributed by atoms with van der Waals surface area (Å²) in [6.45, 7) is 1.56. The Bertz CT molecular complexity index is 592. The molecule has 2 aromatic rings. The van der Waals surface area contributed by atoms with Gasteiger partial charge in [0, 0.05) is 36.5 Å². The van der Waals surface area contributed by atoms with E-state index in [2.05, 4.69) is 10.2 Å². The number of hydrogen-bond donors (Lipinski definition) is 1. The summed E-state index contributed by atoms with van der Waals surface area (Å²) in [5, 5.41) is 7.02. The summed E-state index contributed by atoms with van der Waals surface area (Å²) in [7, 11) is 1.62. The van der Waals surface area contributed by atoms with Gasteiger partial charge in [0.15, 0.2) is 0 Å². The number of likely N-dealkylation sites (tertiary alicyclic amines) is 1. The lowest BCUT2D eigenvalue weighted by Gasteiger charge is -2.32. The Hall–Kier alpha value is -2.30. The molecule has 21 heavy (non-hydrogen) atoms. The largest absolute Gasteiger partial charge is 0.497 e. The smallest absolute Gasteiger partial charge is 0.253 e. The predicted octanol–water partition coefficient (Wildman–Crippen LogP) is 2.44. The van der Waals surface area contributed by atoms with Crippen LogP contribution in [0.1, 0.15) is 34.8 Å². The second-order valence-electron chi connectivity index (χ2n) is 5.33. The van der Waals surface area contributed by atoms with Gasteiger partial charge in [0.1, 0.15) is 5.75 Å². The van der Waals surface area contributed by atoms with Gasteiger partial charge < -0.3 is 9.64 Å². The minimum atomic E-state index is 0.0851. The van der Waals surface area contributed by atoms with Gasteiger partial charge in [0.05, 0.1) is 7.11 Å². The molecule has 1 aliphatic rings. The third-order valence-electron chi connectivity index (χ3n) is 4.01. The zero-order valence-corrected chi connectivity index (χ0v) is 12.1. The van der Waals surface area contributed by atoms with Gasteiger partial charge in [-0.1, -0.05) is 0 Å². The number of benzene rings is 1. The van der Waals surface area contributed by atoms with Crippen molar-refractivity contribution in [1.82, 2.24) is 15.1 Å². The Morgan fingerprint density at radius 3 is 2.81 bits per heavy atom. The van der Waals surface area contributed by atoms with Gasteiger partial charge in [-0.15, -0.1) is 0 Å². The summed E-state index contributed by atoms with van der Waals surface area (Å²) in [5.74, 6) is 1.20. The highest BCUT2D eigenvalue weighted by Crippen LogP contribution is 2.26. The second kappa shape index (κ2) is 5.99. The third-order valence-corrected chi connectivity index (χ3v) is 4.01. The van der Waals surface area contributed by atoms with Crippen LogP contribution in [0.25, 0.3) is 0 Å². The normalized spacial score (nSPS) is 18.5. The van der Waals surface area contributed by atoms with Crippen molar-refractivity contribution in [3.8, 4) is 5.75 Å². The summed E-state index contributed by atoms with van der Waals surface area (Å²) in [6.07, 6.45) is 3.87. The fourth-order valence-electron chi connectivity index (χ4n) is 2.83. The SMILES string of the molecule is COc1ccc(C(=O)N2CCCC(c3ccn[nH]3)C2)cc1. The van der Waals surface area contributed by atoms with Crippen LogP contribution in [0.4, 0.5) is 0 Å². The van der Waals surface area contributed by atoms with Crippen molar-refractivity contribution in [1.29, 1.82) is 0 Å². The Kier molecular flexibility index (Phi) is 3.90. The average molecular weight is 285 g/mol. The molecule has 1 fully saturated rings. The maximum absolute atomic E-state index is 12.6. The number of aromatic nitrogens is 2. The molecular formula is C16H19N3O2. The lowest BCUT2D eigenvalue weighted by atomic mass is 9.94. The van der Waals surface area contributed by atoms with Gasteiger partial charge in [-0.25, -0.2) is 0 Å². The molecule has 2 heterocycles. The lowest BCUT2D eigenvalue weighted by Crippen LogP contribution is -2.39. The van der Waals surface area contributed by atoms with Crippen molar-refractivity contribution in [2.45, 2.75) is 18.8 Å². The number of amides is 1. The van der Waals surface area contributed by atoms with Gasteiger partial charge in [-0.2, -0.15) is 5.10 Å². The van der Waals surface area contributed by atoms with E-state index in [-0.39, 0.29) is 5.91 Å². The minimum absolute atomic E-state index is 0.0851. The lowest BCUT2D eigenvalue weighted by molar-refractivity contribution is 0.0706. The Morgan fingerprint density at radius 2 is 2.14 bits per heavy atom. The number of methoxy groups -OCH3 is 1. The molecule has 0 radical (unpaired) electrons. The van der Waals surface area contributed by atoms with Gasteiger partial charge in [-0.3, -0.25) is 9.89 Å². The zero-order chi connectivity index (χ0) is 14.7. The molecule has 0 aliphatic carbocycles. The standard InChI is InChI=1S/C16H19N3O2/c1-21-14-6-4-12(5-7-14)16(20)19-10-2-3-13(11-19)15-8-9-17-18-15/h4-9,13H,2-3,10-11H2,1H3,(H,17,18). The van der Waals surface area contributed by atoms with Crippen LogP contribution in [-0.2, 0) is 0 Å². The highest BCUT2D eigenvalue weighted by molar-refractivity contribution is 5.94. The number of carbonyl (C=O) groups excluding carboxylic acids is 1. The number of carbonyl (C=O) groups is 1. The van der Waals surface area contributed by atoms with E-state index in [4.69, 9.17) is 4.74 Å². The maximum Gasteiger partial charge on any atom is 0.253 e. The molecule has 1 aromatic heterocycles. The Labute approximate surface area is 123 Å². The van der Waals surface area contributed by atoms with Crippen LogP contribution in [0.15, 0.2) is 36.5 Å². The van der Waals surface area contributed by atoms with E-state index in [0.29, 0.717) is 11.5 Å². The quantitative estimate of drug-likeness (QED) is 0.942. The molecule has 0 spiro atoms. The molecule has 3 rings (SSSR count). The number of H-pyrrole nitrogens is 1. The number of aromatic amines is 1. The summed E-state index contributed by atoms with van der Waals surface area (Å²) < 4.78 is 5.12. The van der Waals surface area contributed by atoms with E-state index in [0.717, 1.165) is 37.4 Å². The molecule has 1 aliphatic heterocycles. The first-order valence-electron chi connectivity index (χ1n) is 7.20. The fourth-order valence-corrected chi connectivity index (χ4v) is 2.83. The number of piperidine rings is 1. The molecule has 1 saturated heterocycles. The number of nitrogens with one attached hydrogen (secondary N) is 1. The predicted molar refractivity (Wildman–Crippen MR) is 79.5 cm³/mol. The van der Waals surface area contributed by atoms with E-state index in [1.54, 1.807) is 13.3 Å². The van der Waals surface area contributed by atoms with E-state index >= 15 is 0 Å². The monoisotopic (exact) mass is 285 g/mol. The molecule has 1 N–H and O–H groups in total. The van der Waals surface area contributed by atoms with Gasteiger partial charge in [0.2, 0.25) is 0 Å². The first-order chi connectivity index (χ1) is 10.3. The van der Waals surface area contributed by atoms with Gasteiger partial charge in [0.25, 0.3) is 5.91 Å². The van der Waals surface area contributed by atoms with E-state index in [1.807, 2.05) is 35.2 Å². The summed E-state index contributed by atoms with van der Waals surface area (Å²) in [5.41, 5.74) is 1.82. The average Bonchev–Trinajstić information content (AvgIpc) is 3.09. The van der Waals surface area contributed by atoms with Crippen LogP contribution >= 0.6 is 0 Å². The van der Waals surface area contributed by atoms with Crippen LogP contribution in [-0.4, -0.2) is 41.2 Å². The van der Waals surface area contributed by atoms with Gasteiger partial charge >= 0.3 is 0 Å². The summed E-state index contributed by atoms with van der Waals surface area (Å²) >= 11 is 0. The molecule has 1 aromatic carbocycles. The fraction of sp³-hybridized carbons (Fsp3) is 0.375. The Morgan fingerprint density at radius 1 is 1.33 bits per heavy atom. The van der Waals surface area contributed by atoms with Crippen molar-refractivity contribution in [2.75, 3.05) is 20.2 Å². The van der Waals surface area contributed by atoms with Crippen molar-refractivity contribution >= 4 is 5.91 Å². The van der Waals surface area contributed by atoms with Crippen molar-refractivity contribution in [3.05, 3.63) is 47.8 Å². The van der Waals surface area contributed by atoms with Crippen molar-refractivity contribution in [2.24, 2.45) is 0 Å². The number of ether oxygens (including phenoxy) is 1. The molecule has 5 heteroatoms. The molecule has 0 saturated carbocycles. The zero-order valence-electron chi connectivity index (χ0n) is 12.1. The van der Waals surface area contributed by atoms with Crippen molar-refractivity contribution < 1.29 is 9.53 Å². The molecule has 110 valence electrons. The van der Waals surface area contributed by atoms with Crippen molar-refractivity contribution in [3.63, 3.8) is 0 Å². The van der Waals surface area contributed by atoms with Gasteiger partial charge in [-0.05, 0) is 43.2 Å². The van der Waals surface area contributed by atoms with Crippen LogP contribution in [0.3, 0.4) is 0 Å². The van der Waals surface area contributed by atoms with E-state index < -0.39 is 0 Å². The van der Waals surface area contributed by atoms with E-state index in [1.165, 1.54) is 0 Å². The molecule has 1 amide bonds. The topological polar surface area (TPSA) is 58.2 Å². The first-order valence-corrected chi connectivity index (χ1v) is 7.20. The van der Waals surface area contributed by atoms with Crippen LogP contribution in [0, 0.1) is 0 Å². The molecular weight excluding hydrogens is 266 g/mol. The minimum Gasteiger partial charge on any atom is -0.497 e. The highest BCUT2D eigenvalue weighted by Gasteiger charge is 2.26. The molecule has 0 bridgehead atoms. The molecule has 1 atom stereocenters. The second-order valence-corrected chi connectivity index (χ2v) is 5.33. The number of rotatable bonds is 3. The third kappa shape index (κ3) is 2.91. The van der Waals surface area contributed by atoms with Crippen LogP contribution in [0.2, 0.25) is 0 Å². The van der Waals surface area contributed by atoms with Crippen LogP contribution < -0.4 is 4.74 Å². The molecule has 1 unspecified atom stereocenters. The number of hydrogen-bond acceptors (Lipinski definition) is 3. The number of nitrogens with zero attached hydrogens (tertiary/aromatic N) is 2. The van der Waals surface area contributed by atoms with E-state index in [9.17, 15) is 4.79 Å². The maximum atomic E-state index is 12.6. The summed E-state index contributed by atoms with van der Waals surface area (Å²) in [6, 6.07) is 9.28. The van der Waals surface area contributed by atoms with Crippen LogP contribution in [0.5, 0.6) is 5.75 Å². The Balaban J connectivity index is 1.71. The highest BCUT2D eigenvalue weighted by atomic mass is 16.5. The molecule has 5 nitrogen and oxygen atoms in total. The summed E-state index contributed by atoms with van der Waals surface area (Å²) in [4.78, 5) is 14.5. The first kappa shape index (κ1) is 13.7.